The van der Waals surface area contributed by atoms with Crippen LogP contribution in [0, 0.1) is 6.92 Å². The van der Waals surface area contributed by atoms with Crippen LogP contribution in [0.15, 0.2) is 41.8 Å². The number of aromatic nitrogens is 2. The molecule has 9 heteroatoms. The molecule has 3 heterocycles. The van der Waals surface area contributed by atoms with Gasteiger partial charge < -0.3 is 14.8 Å². The number of aryl methyl sites for hydroxylation is 1. The molecular weight excluding hydrogens is 454 g/mol. The molecule has 0 aliphatic rings. The second-order valence-corrected chi connectivity index (χ2v) is 9.21. The molecule has 1 amide bonds. The molecule has 0 saturated carbocycles. The summed E-state index contributed by atoms with van der Waals surface area (Å²) in [6.07, 6.45) is 0. The standard InChI is InChI=1S/C22H20ClN3O3S2/c1-12-17-21(29-3)24-16(11-28-2)25-22(17)31-19(12)20(27)26-18(15-5-4-10-30-15)13-6-8-14(23)9-7-13/h4-10,18H,11H2,1-3H3,(H,26,27). The zero-order valence-corrected chi connectivity index (χ0v) is 19.5. The summed E-state index contributed by atoms with van der Waals surface area (Å²) in [7, 11) is 3.14. The molecule has 0 saturated heterocycles. The fourth-order valence-electron chi connectivity index (χ4n) is 3.33. The van der Waals surface area contributed by atoms with Gasteiger partial charge in [-0.25, -0.2) is 4.98 Å². The van der Waals surface area contributed by atoms with E-state index in [-0.39, 0.29) is 18.6 Å². The molecule has 160 valence electrons. The molecule has 1 unspecified atom stereocenters. The smallest absolute Gasteiger partial charge is 0.262 e. The van der Waals surface area contributed by atoms with Crippen LogP contribution in [0.4, 0.5) is 0 Å². The number of nitrogens with one attached hydrogen (secondary N) is 1. The topological polar surface area (TPSA) is 73.3 Å². The largest absolute Gasteiger partial charge is 0.480 e. The minimum absolute atomic E-state index is 0.177. The average Bonchev–Trinajstić information content (AvgIpc) is 3.41. The van der Waals surface area contributed by atoms with Crippen LogP contribution in [-0.2, 0) is 11.3 Å². The number of hydrogen-bond donors (Lipinski definition) is 1. The molecule has 0 spiro atoms. The molecule has 6 nitrogen and oxygen atoms in total. The van der Waals surface area contributed by atoms with Crippen molar-refractivity contribution in [2.45, 2.75) is 19.6 Å². The Hall–Kier alpha value is -2.52. The van der Waals surface area contributed by atoms with Crippen LogP contribution >= 0.6 is 34.3 Å². The Labute approximate surface area is 192 Å². The third-order valence-electron chi connectivity index (χ3n) is 4.78. The maximum atomic E-state index is 13.4. The molecule has 1 aromatic carbocycles. The highest BCUT2D eigenvalue weighted by Gasteiger charge is 2.24. The number of ether oxygens (including phenoxy) is 2. The van der Waals surface area contributed by atoms with Gasteiger partial charge in [0.25, 0.3) is 5.91 Å². The summed E-state index contributed by atoms with van der Waals surface area (Å²) in [4.78, 5) is 24.6. The number of amides is 1. The zero-order valence-electron chi connectivity index (χ0n) is 17.1. The van der Waals surface area contributed by atoms with Gasteiger partial charge in [-0.05, 0) is 41.6 Å². The molecule has 0 aliphatic carbocycles. The van der Waals surface area contributed by atoms with Crippen molar-refractivity contribution >= 4 is 50.4 Å². The molecule has 1 atom stereocenters. The lowest BCUT2D eigenvalue weighted by atomic mass is 10.0. The summed E-state index contributed by atoms with van der Waals surface area (Å²) >= 11 is 8.97. The first-order valence-electron chi connectivity index (χ1n) is 9.44. The number of hydrogen-bond acceptors (Lipinski definition) is 7. The summed E-state index contributed by atoms with van der Waals surface area (Å²) in [6, 6.07) is 11.2. The van der Waals surface area contributed by atoms with Gasteiger partial charge in [0, 0.05) is 17.0 Å². The maximum absolute atomic E-state index is 13.4. The van der Waals surface area contributed by atoms with E-state index in [4.69, 9.17) is 21.1 Å². The monoisotopic (exact) mass is 473 g/mol. The third-order valence-corrected chi connectivity index (χ3v) is 7.16. The number of methoxy groups -OCH3 is 2. The second kappa shape index (κ2) is 9.32. The summed E-state index contributed by atoms with van der Waals surface area (Å²) in [5.74, 6) is 0.777. The highest BCUT2D eigenvalue weighted by atomic mass is 35.5. The second-order valence-electron chi connectivity index (χ2n) is 6.79. The fourth-order valence-corrected chi connectivity index (χ4v) is 5.35. The van der Waals surface area contributed by atoms with Crippen LogP contribution < -0.4 is 10.1 Å². The van der Waals surface area contributed by atoms with Crippen LogP contribution in [0.5, 0.6) is 5.88 Å². The summed E-state index contributed by atoms with van der Waals surface area (Å²) in [5, 5.41) is 6.57. The Balaban J connectivity index is 1.72. The van der Waals surface area contributed by atoms with Crippen LogP contribution in [0.25, 0.3) is 10.2 Å². The van der Waals surface area contributed by atoms with Gasteiger partial charge in [0.2, 0.25) is 5.88 Å². The predicted molar refractivity (Wildman–Crippen MR) is 124 cm³/mol. The first-order chi connectivity index (χ1) is 15.0. The molecule has 0 aliphatic heterocycles. The summed E-state index contributed by atoms with van der Waals surface area (Å²) in [6.45, 7) is 2.15. The SMILES string of the molecule is COCc1nc(OC)c2c(C)c(C(=O)NC(c3ccc(Cl)cc3)c3cccs3)sc2n1. The number of nitrogens with zero attached hydrogens (tertiary/aromatic N) is 2. The number of rotatable bonds is 7. The fraction of sp³-hybridized carbons (Fsp3) is 0.227. The van der Waals surface area contributed by atoms with Gasteiger partial charge in [-0.15, -0.1) is 22.7 Å². The van der Waals surface area contributed by atoms with Crippen LogP contribution in [0.3, 0.4) is 0 Å². The van der Waals surface area contributed by atoms with E-state index in [0.717, 1.165) is 21.4 Å². The molecule has 1 N–H and O–H groups in total. The predicted octanol–water partition coefficient (Wildman–Crippen LogP) is 5.39. The van der Waals surface area contributed by atoms with E-state index >= 15 is 0 Å². The van der Waals surface area contributed by atoms with E-state index in [0.29, 0.717) is 26.4 Å². The number of halogens is 1. The van der Waals surface area contributed by atoms with Crippen LogP contribution in [0.1, 0.15) is 37.5 Å². The van der Waals surface area contributed by atoms with E-state index < -0.39 is 0 Å². The van der Waals surface area contributed by atoms with Gasteiger partial charge >= 0.3 is 0 Å². The molecule has 0 bridgehead atoms. The lowest BCUT2D eigenvalue weighted by Crippen LogP contribution is -2.28. The lowest BCUT2D eigenvalue weighted by Gasteiger charge is -2.18. The highest BCUT2D eigenvalue weighted by Crippen LogP contribution is 2.36. The van der Waals surface area contributed by atoms with Crippen molar-refractivity contribution in [3.63, 3.8) is 0 Å². The minimum atomic E-state index is -0.286. The Morgan fingerprint density at radius 1 is 1.19 bits per heavy atom. The first kappa shape index (κ1) is 21.7. The normalized spacial score (nSPS) is 12.1. The van der Waals surface area contributed by atoms with Crippen LogP contribution in [0.2, 0.25) is 5.02 Å². The Kier molecular flexibility index (Phi) is 6.52. The molecule has 0 fully saturated rings. The van der Waals surface area contributed by atoms with E-state index in [1.54, 1.807) is 25.6 Å². The molecular formula is C22H20ClN3O3S2. The summed E-state index contributed by atoms with van der Waals surface area (Å²) < 4.78 is 10.6. The quantitative estimate of drug-likeness (QED) is 0.389. The van der Waals surface area contributed by atoms with Gasteiger partial charge in [-0.2, -0.15) is 4.98 Å². The highest BCUT2D eigenvalue weighted by molar-refractivity contribution is 7.20. The van der Waals surface area contributed by atoms with Crippen molar-refractivity contribution in [1.29, 1.82) is 0 Å². The Bertz CT molecular complexity index is 1210. The van der Waals surface area contributed by atoms with Gasteiger partial charge in [0.15, 0.2) is 5.82 Å². The third kappa shape index (κ3) is 4.43. The number of benzene rings is 1. The van der Waals surface area contributed by atoms with E-state index in [1.165, 1.54) is 11.3 Å². The van der Waals surface area contributed by atoms with Crippen molar-refractivity contribution < 1.29 is 14.3 Å². The Morgan fingerprint density at radius 2 is 1.97 bits per heavy atom. The molecule has 3 aromatic heterocycles. The zero-order chi connectivity index (χ0) is 22.0. The Morgan fingerprint density at radius 3 is 2.61 bits per heavy atom. The van der Waals surface area contributed by atoms with E-state index in [1.807, 2.05) is 48.7 Å². The van der Waals surface area contributed by atoms with Crippen LogP contribution in [-0.4, -0.2) is 30.1 Å². The van der Waals surface area contributed by atoms with E-state index in [9.17, 15) is 4.79 Å². The molecule has 0 radical (unpaired) electrons. The van der Waals surface area contributed by atoms with Gasteiger partial charge in [-0.3, -0.25) is 4.79 Å². The van der Waals surface area contributed by atoms with Crippen molar-refractivity contribution in [2.24, 2.45) is 0 Å². The number of carbonyl (C=O) groups excluding carboxylic acids is 1. The van der Waals surface area contributed by atoms with Crippen molar-refractivity contribution in [3.8, 4) is 5.88 Å². The number of carbonyl (C=O) groups is 1. The summed E-state index contributed by atoms with van der Waals surface area (Å²) in [5.41, 5.74) is 1.75. The first-order valence-corrected chi connectivity index (χ1v) is 11.5. The van der Waals surface area contributed by atoms with Crippen molar-refractivity contribution in [1.82, 2.24) is 15.3 Å². The van der Waals surface area contributed by atoms with Crippen molar-refractivity contribution in [3.05, 3.63) is 73.5 Å². The molecule has 4 rings (SSSR count). The van der Waals surface area contributed by atoms with Crippen molar-refractivity contribution in [2.75, 3.05) is 14.2 Å². The number of thiophene rings is 2. The van der Waals surface area contributed by atoms with Gasteiger partial charge in [0.1, 0.15) is 11.4 Å². The molecule has 4 aromatic rings. The lowest BCUT2D eigenvalue weighted by molar-refractivity contribution is 0.0947. The van der Waals surface area contributed by atoms with E-state index in [2.05, 4.69) is 15.3 Å². The average molecular weight is 474 g/mol. The van der Waals surface area contributed by atoms with Gasteiger partial charge in [0.05, 0.1) is 23.4 Å². The number of fused-ring (bicyclic) bond motifs is 1. The molecule has 31 heavy (non-hydrogen) atoms. The minimum Gasteiger partial charge on any atom is -0.480 e. The van der Waals surface area contributed by atoms with Gasteiger partial charge in [-0.1, -0.05) is 29.8 Å². The maximum Gasteiger partial charge on any atom is 0.262 e.